The van der Waals surface area contributed by atoms with Gasteiger partial charge in [0.15, 0.2) is 0 Å². The Morgan fingerprint density at radius 3 is 2.85 bits per heavy atom. The summed E-state index contributed by atoms with van der Waals surface area (Å²) in [5.74, 6) is 2.14. The molecule has 4 unspecified atom stereocenters. The van der Waals surface area contributed by atoms with Crippen molar-refractivity contribution in [3.8, 4) is 5.75 Å². The van der Waals surface area contributed by atoms with Gasteiger partial charge in [0.05, 0.1) is 0 Å². The van der Waals surface area contributed by atoms with E-state index in [1.54, 1.807) is 12.1 Å². The molecule has 0 aromatic heterocycles. The van der Waals surface area contributed by atoms with Crippen molar-refractivity contribution in [2.24, 2.45) is 11.8 Å². The van der Waals surface area contributed by atoms with Crippen LogP contribution in [0.5, 0.6) is 5.75 Å². The highest BCUT2D eigenvalue weighted by atomic mass is 35.5. The van der Waals surface area contributed by atoms with Crippen LogP contribution in [-0.4, -0.2) is 30.4 Å². The molecule has 2 rings (SSSR count). The van der Waals surface area contributed by atoms with Gasteiger partial charge in [-0.15, -0.1) is 0 Å². The van der Waals surface area contributed by atoms with E-state index < -0.39 is 6.10 Å². The highest BCUT2D eigenvalue weighted by molar-refractivity contribution is 6.30. The number of benzene rings is 1. The van der Waals surface area contributed by atoms with Gasteiger partial charge in [0.2, 0.25) is 0 Å². The summed E-state index contributed by atoms with van der Waals surface area (Å²) in [4.78, 5) is 0. The van der Waals surface area contributed by atoms with Crippen molar-refractivity contribution >= 4 is 11.6 Å². The molecule has 1 aromatic rings. The van der Waals surface area contributed by atoms with Crippen molar-refractivity contribution < 1.29 is 9.84 Å². The molecule has 0 bridgehead atoms. The zero-order chi connectivity index (χ0) is 14.5. The molecule has 20 heavy (non-hydrogen) atoms. The monoisotopic (exact) mass is 297 g/mol. The molecular formula is C16H24ClNO2. The zero-order valence-corrected chi connectivity index (χ0v) is 12.9. The third-order valence-corrected chi connectivity index (χ3v) is 4.55. The number of aliphatic hydroxyl groups excluding tert-OH is 1. The summed E-state index contributed by atoms with van der Waals surface area (Å²) in [5, 5.41) is 14.1. The van der Waals surface area contributed by atoms with E-state index in [4.69, 9.17) is 16.3 Å². The van der Waals surface area contributed by atoms with Crippen LogP contribution in [0.4, 0.5) is 0 Å². The van der Waals surface area contributed by atoms with Gasteiger partial charge in [-0.25, -0.2) is 0 Å². The third kappa shape index (κ3) is 4.37. The van der Waals surface area contributed by atoms with Gasteiger partial charge in [-0.1, -0.05) is 31.5 Å². The van der Waals surface area contributed by atoms with Crippen LogP contribution in [0.1, 0.15) is 26.7 Å². The molecule has 112 valence electrons. The fourth-order valence-corrected chi connectivity index (χ4v) is 2.93. The van der Waals surface area contributed by atoms with E-state index >= 15 is 0 Å². The first-order chi connectivity index (χ1) is 9.56. The minimum absolute atomic E-state index is 0.282. The Kier molecular flexibility index (Phi) is 5.70. The van der Waals surface area contributed by atoms with Crippen LogP contribution in [-0.2, 0) is 0 Å². The van der Waals surface area contributed by atoms with Crippen LogP contribution in [0.2, 0.25) is 5.02 Å². The standard InChI is InChI=1S/C16H24ClNO2/c1-11-6-7-16(12(11)2)18-9-14(19)10-20-15-5-3-4-13(17)8-15/h3-5,8,11-12,14,16,18-19H,6-7,9-10H2,1-2H3. The molecule has 4 atom stereocenters. The summed E-state index contributed by atoms with van der Waals surface area (Å²) >= 11 is 5.88. The highest BCUT2D eigenvalue weighted by Crippen LogP contribution is 2.30. The van der Waals surface area contributed by atoms with Crippen molar-refractivity contribution in [2.75, 3.05) is 13.2 Å². The fraction of sp³-hybridized carbons (Fsp3) is 0.625. The van der Waals surface area contributed by atoms with Gasteiger partial charge in [-0.3, -0.25) is 0 Å². The van der Waals surface area contributed by atoms with Crippen molar-refractivity contribution in [3.63, 3.8) is 0 Å². The first kappa shape index (κ1) is 15.6. The quantitative estimate of drug-likeness (QED) is 0.848. The summed E-state index contributed by atoms with van der Waals surface area (Å²) in [6, 6.07) is 7.75. The van der Waals surface area contributed by atoms with Gasteiger partial charge < -0.3 is 15.2 Å². The van der Waals surface area contributed by atoms with Gasteiger partial charge in [0, 0.05) is 17.6 Å². The molecule has 0 heterocycles. The second-order valence-corrected chi connectivity index (χ2v) is 6.29. The van der Waals surface area contributed by atoms with E-state index in [9.17, 15) is 5.11 Å². The molecule has 0 amide bonds. The normalized spacial score (nSPS) is 27.5. The number of hydrogen-bond donors (Lipinski definition) is 2. The van der Waals surface area contributed by atoms with E-state index in [0.29, 0.717) is 29.3 Å². The molecule has 1 saturated carbocycles. The molecule has 1 aliphatic rings. The molecule has 1 aromatic carbocycles. The maximum Gasteiger partial charge on any atom is 0.120 e. The van der Waals surface area contributed by atoms with Gasteiger partial charge in [0.1, 0.15) is 18.5 Å². The van der Waals surface area contributed by atoms with E-state index in [-0.39, 0.29) is 6.61 Å². The molecule has 0 radical (unpaired) electrons. The Labute approximate surface area is 126 Å². The number of nitrogens with one attached hydrogen (secondary N) is 1. The Balaban J connectivity index is 1.69. The van der Waals surface area contributed by atoms with Crippen molar-refractivity contribution in [1.82, 2.24) is 5.32 Å². The van der Waals surface area contributed by atoms with Crippen LogP contribution >= 0.6 is 11.6 Å². The largest absolute Gasteiger partial charge is 0.491 e. The second-order valence-electron chi connectivity index (χ2n) is 5.85. The topological polar surface area (TPSA) is 41.5 Å². The Morgan fingerprint density at radius 1 is 1.40 bits per heavy atom. The Morgan fingerprint density at radius 2 is 2.20 bits per heavy atom. The second kappa shape index (κ2) is 7.30. The maximum absolute atomic E-state index is 9.97. The van der Waals surface area contributed by atoms with Gasteiger partial charge in [-0.2, -0.15) is 0 Å². The predicted molar refractivity (Wildman–Crippen MR) is 82.3 cm³/mol. The summed E-state index contributed by atoms with van der Waals surface area (Å²) in [6.07, 6.45) is 1.97. The Hall–Kier alpha value is -0.770. The number of rotatable bonds is 6. The molecule has 0 saturated heterocycles. The van der Waals surface area contributed by atoms with Crippen LogP contribution in [0.3, 0.4) is 0 Å². The molecule has 3 nitrogen and oxygen atoms in total. The molecule has 4 heteroatoms. The zero-order valence-electron chi connectivity index (χ0n) is 12.2. The lowest BCUT2D eigenvalue weighted by Crippen LogP contribution is -2.39. The number of halogens is 1. The summed E-state index contributed by atoms with van der Waals surface area (Å²) < 4.78 is 5.54. The van der Waals surface area contributed by atoms with Crippen molar-refractivity contribution in [1.29, 1.82) is 0 Å². The van der Waals surface area contributed by atoms with Crippen LogP contribution in [0.15, 0.2) is 24.3 Å². The average Bonchev–Trinajstić information content (AvgIpc) is 2.74. The van der Waals surface area contributed by atoms with Gasteiger partial charge in [-0.05, 0) is 42.9 Å². The summed E-state index contributed by atoms with van der Waals surface area (Å²) in [6.45, 7) is 5.43. The number of hydrogen-bond acceptors (Lipinski definition) is 3. The lowest BCUT2D eigenvalue weighted by Gasteiger charge is -2.21. The molecule has 1 aliphatic carbocycles. The number of aliphatic hydroxyl groups is 1. The lowest BCUT2D eigenvalue weighted by molar-refractivity contribution is 0.102. The third-order valence-electron chi connectivity index (χ3n) is 4.32. The van der Waals surface area contributed by atoms with E-state index in [0.717, 1.165) is 5.92 Å². The van der Waals surface area contributed by atoms with Crippen LogP contribution < -0.4 is 10.1 Å². The highest BCUT2D eigenvalue weighted by Gasteiger charge is 2.29. The maximum atomic E-state index is 9.97. The molecule has 1 fully saturated rings. The van der Waals surface area contributed by atoms with E-state index in [1.807, 2.05) is 12.1 Å². The average molecular weight is 298 g/mol. The SMILES string of the molecule is CC1CCC(NCC(O)COc2cccc(Cl)c2)C1C. The Bertz CT molecular complexity index is 427. The molecule has 0 spiro atoms. The van der Waals surface area contributed by atoms with Crippen LogP contribution in [0, 0.1) is 11.8 Å². The van der Waals surface area contributed by atoms with Crippen molar-refractivity contribution in [3.05, 3.63) is 29.3 Å². The van der Waals surface area contributed by atoms with Gasteiger partial charge in [0.25, 0.3) is 0 Å². The molecular weight excluding hydrogens is 274 g/mol. The van der Waals surface area contributed by atoms with Crippen LogP contribution in [0.25, 0.3) is 0 Å². The molecule has 0 aliphatic heterocycles. The minimum Gasteiger partial charge on any atom is -0.491 e. The first-order valence-corrected chi connectivity index (χ1v) is 7.74. The fourth-order valence-electron chi connectivity index (χ4n) is 2.75. The minimum atomic E-state index is -0.503. The van der Waals surface area contributed by atoms with E-state index in [2.05, 4.69) is 19.2 Å². The van der Waals surface area contributed by atoms with E-state index in [1.165, 1.54) is 12.8 Å². The summed E-state index contributed by atoms with van der Waals surface area (Å²) in [5.41, 5.74) is 0. The van der Waals surface area contributed by atoms with Crippen molar-refractivity contribution in [2.45, 2.75) is 38.8 Å². The van der Waals surface area contributed by atoms with Gasteiger partial charge >= 0.3 is 0 Å². The smallest absolute Gasteiger partial charge is 0.120 e. The molecule has 2 N–H and O–H groups in total. The number of ether oxygens (including phenoxy) is 1. The summed E-state index contributed by atoms with van der Waals surface area (Å²) in [7, 11) is 0. The predicted octanol–water partition coefficient (Wildman–Crippen LogP) is 3.10. The lowest BCUT2D eigenvalue weighted by atomic mass is 9.98. The first-order valence-electron chi connectivity index (χ1n) is 7.36.